The van der Waals surface area contributed by atoms with E-state index in [4.69, 9.17) is 9.41 Å². The number of aliphatic imine (C=N–C) groups is 2. The molecule has 4 nitrogen and oxygen atoms in total. The predicted molar refractivity (Wildman–Crippen MR) is 218 cm³/mol. The number of furan rings is 1. The first-order valence-corrected chi connectivity index (χ1v) is 17.6. The van der Waals surface area contributed by atoms with Crippen molar-refractivity contribution in [3.8, 4) is 22.3 Å². The molecule has 1 unspecified atom stereocenters. The van der Waals surface area contributed by atoms with Crippen molar-refractivity contribution in [2.45, 2.75) is 12.7 Å². The van der Waals surface area contributed by atoms with E-state index >= 15 is 0 Å². The normalized spacial score (nSPS) is 12.4. The zero-order valence-corrected chi connectivity index (χ0v) is 28.5. The van der Waals surface area contributed by atoms with Gasteiger partial charge in [-0.25, -0.2) is 0 Å². The summed E-state index contributed by atoms with van der Waals surface area (Å²) in [5.74, 6) is 0.743. The van der Waals surface area contributed by atoms with Gasteiger partial charge >= 0.3 is 0 Å². The van der Waals surface area contributed by atoms with Crippen molar-refractivity contribution in [1.29, 1.82) is 0 Å². The highest BCUT2D eigenvalue weighted by Crippen LogP contribution is 2.38. The summed E-state index contributed by atoms with van der Waals surface area (Å²) in [5.41, 5.74) is 9.34. The summed E-state index contributed by atoms with van der Waals surface area (Å²) in [4.78, 5) is 9.78. The minimum absolute atomic E-state index is 0.486. The molecular formula is C48H35N3O. The molecule has 0 aliphatic heterocycles. The van der Waals surface area contributed by atoms with Gasteiger partial charge in [0.25, 0.3) is 0 Å². The first-order valence-electron chi connectivity index (χ1n) is 17.6. The van der Waals surface area contributed by atoms with Gasteiger partial charge in [0.2, 0.25) is 0 Å². The SMILES string of the molecule is C=NC(N/C(=N\Cc1ccccc1)c1ccc(-c2ccc3ccccc3c2)cc1)c1cccc2oc3ccc(-c4cccc5ccccc45)cc3c12. The van der Waals surface area contributed by atoms with Gasteiger partial charge in [-0.3, -0.25) is 9.98 Å². The average molecular weight is 670 g/mol. The lowest BCUT2D eigenvalue weighted by atomic mass is 9.96. The smallest absolute Gasteiger partial charge is 0.145 e. The highest BCUT2D eigenvalue weighted by Gasteiger charge is 2.20. The zero-order chi connectivity index (χ0) is 34.9. The van der Waals surface area contributed by atoms with Gasteiger partial charge in [0, 0.05) is 21.9 Å². The number of nitrogens with one attached hydrogen (secondary N) is 1. The van der Waals surface area contributed by atoms with Gasteiger partial charge in [-0.15, -0.1) is 0 Å². The molecule has 0 aliphatic rings. The summed E-state index contributed by atoms with van der Waals surface area (Å²) in [6.07, 6.45) is -0.486. The molecule has 0 fully saturated rings. The second kappa shape index (κ2) is 13.5. The Morgan fingerprint density at radius 1 is 0.558 bits per heavy atom. The first-order chi connectivity index (χ1) is 25.7. The molecule has 0 saturated carbocycles. The van der Waals surface area contributed by atoms with E-state index in [0.29, 0.717) is 6.54 Å². The Kier molecular flexibility index (Phi) is 8.11. The van der Waals surface area contributed by atoms with Crippen molar-refractivity contribution >= 4 is 56.0 Å². The van der Waals surface area contributed by atoms with Gasteiger partial charge in [-0.05, 0) is 80.3 Å². The standard InChI is InChI=1S/C48H35N3O/c1-49-48(42-19-10-20-45-46(42)43-30-39(27-28-44(43)52-45)41-18-9-16-35-14-7-8-17-40(35)41)51-47(50-31-32-11-3-2-4-12-32)36-24-21-34(22-25-36)38-26-23-33-13-5-6-15-37(33)29-38/h2-30,48H,1,31H2,(H,50,51). The van der Waals surface area contributed by atoms with Crippen LogP contribution in [-0.4, -0.2) is 12.6 Å². The molecule has 0 spiro atoms. The van der Waals surface area contributed by atoms with E-state index in [1.54, 1.807) is 0 Å². The van der Waals surface area contributed by atoms with Crippen LogP contribution < -0.4 is 5.32 Å². The molecule has 8 aromatic carbocycles. The third-order valence-electron chi connectivity index (χ3n) is 9.88. The van der Waals surface area contributed by atoms with E-state index in [1.807, 2.05) is 30.3 Å². The van der Waals surface area contributed by atoms with Crippen LogP contribution in [0.25, 0.3) is 65.7 Å². The van der Waals surface area contributed by atoms with E-state index in [2.05, 4.69) is 163 Å². The van der Waals surface area contributed by atoms with E-state index < -0.39 is 6.17 Å². The molecule has 9 aromatic rings. The molecule has 1 N–H and O–H groups in total. The lowest BCUT2D eigenvalue weighted by Crippen LogP contribution is -2.28. The van der Waals surface area contributed by atoms with Gasteiger partial charge in [0.1, 0.15) is 23.2 Å². The molecule has 0 aliphatic carbocycles. The summed E-state index contributed by atoms with van der Waals surface area (Å²) in [6.45, 7) is 4.57. The van der Waals surface area contributed by atoms with Crippen molar-refractivity contribution in [3.05, 3.63) is 193 Å². The largest absolute Gasteiger partial charge is 0.456 e. The van der Waals surface area contributed by atoms with E-state index in [9.17, 15) is 0 Å². The third kappa shape index (κ3) is 5.91. The maximum absolute atomic E-state index is 6.42. The number of hydrogen-bond acceptors (Lipinski definition) is 3. The summed E-state index contributed by atoms with van der Waals surface area (Å²) in [5, 5.41) is 10.6. The van der Waals surface area contributed by atoms with E-state index in [-0.39, 0.29) is 0 Å². The van der Waals surface area contributed by atoms with Gasteiger partial charge < -0.3 is 9.73 Å². The molecule has 1 heterocycles. The van der Waals surface area contributed by atoms with Crippen LogP contribution in [0.3, 0.4) is 0 Å². The summed E-state index contributed by atoms with van der Waals surface area (Å²) < 4.78 is 6.42. The Labute approximate surface area is 302 Å². The summed E-state index contributed by atoms with van der Waals surface area (Å²) >= 11 is 0. The van der Waals surface area contributed by atoms with Gasteiger partial charge in [-0.1, -0.05) is 152 Å². The van der Waals surface area contributed by atoms with Crippen LogP contribution in [0.2, 0.25) is 0 Å². The quantitative estimate of drug-likeness (QED) is 0.129. The van der Waals surface area contributed by atoms with E-state index in [0.717, 1.165) is 55.6 Å². The van der Waals surface area contributed by atoms with Crippen molar-refractivity contribution in [2.75, 3.05) is 0 Å². The van der Waals surface area contributed by atoms with Crippen LogP contribution >= 0.6 is 0 Å². The Balaban J connectivity index is 1.11. The topological polar surface area (TPSA) is 49.9 Å². The Bertz CT molecular complexity index is 2760. The van der Waals surface area contributed by atoms with Crippen LogP contribution in [0.15, 0.2) is 190 Å². The maximum atomic E-state index is 6.42. The molecule has 1 aromatic heterocycles. The van der Waals surface area contributed by atoms with Crippen LogP contribution in [0.4, 0.5) is 0 Å². The molecule has 9 rings (SSSR count). The summed E-state index contributed by atoms with van der Waals surface area (Å²) in [6, 6.07) is 61.5. The summed E-state index contributed by atoms with van der Waals surface area (Å²) in [7, 11) is 0. The Hall–Kier alpha value is -6.78. The Morgan fingerprint density at radius 2 is 1.27 bits per heavy atom. The van der Waals surface area contributed by atoms with E-state index in [1.165, 1.54) is 32.7 Å². The predicted octanol–water partition coefficient (Wildman–Crippen LogP) is 12.2. The first kappa shape index (κ1) is 31.2. The second-order valence-corrected chi connectivity index (χ2v) is 13.1. The highest BCUT2D eigenvalue weighted by atomic mass is 16.3. The van der Waals surface area contributed by atoms with Gasteiger partial charge in [0.15, 0.2) is 0 Å². The van der Waals surface area contributed by atoms with Crippen LogP contribution in [0.5, 0.6) is 0 Å². The fourth-order valence-electron chi connectivity index (χ4n) is 7.24. The number of amidine groups is 1. The Morgan fingerprint density at radius 3 is 2.12 bits per heavy atom. The fourth-order valence-corrected chi connectivity index (χ4v) is 7.24. The average Bonchev–Trinajstić information content (AvgIpc) is 3.59. The number of nitrogens with zero attached hydrogens (tertiary/aromatic N) is 2. The van der Waals surface area contributed by atoms with Crippen LogP contribution in [0, 0.1) is 0 Å². The fraction of sp³-hybridized carbons (Fsp3) is 0.0417. The number of benzene rings is 8. The lowest BCUT2D eigenvalue weighted by molar-refractivity contribution is 0.664. The minimum atomic E-state index is -0.486. The number of rotatable bonds is 8. The van der Waals surface area contributed by atoms with Gasteiger partial charge in [0.05, 0.1) is 6.54 Å². The lowest BCUT2D eigenvalue weighted by Gasteiger charge is -2.19. The molecule has 4 heteroatoms. The maximum Gasteiger partial charge on any atom is 0.145 e. The molecular weight excluding hydrogens is 635 g/mol. The molecule has 0 saturated heterocycles. The molecule has 0 bridgehead atoms. The van der Waals surface area contributed by atoms with Crippen LogP contribution in [-0.2, 0) is 6.54 Å². The second-order valence-electron chi connectivity index (χ2n) is 13.1. The van der Waals surface area contributed by atoms with Crippen molar-refractivity contribution in [1.82, 2.24) is 5.32 Å². The van der Waals surface area contributed by atoms with Crippen LogP contribution in [0.1, 0.15) is 22.9 Å². The van der Waals surface area contributed by atoms with Crippen molar-refractivity contribution in [2.24, 2.45) is 9.98 Å². The number of hydrogen-bond donors (Lipinski definition) is 1. The zero-order valence-electron chi connectivity index (χ0n) is 28.5. The monoisotopic (exact) mass is 669 g/mol. The van der Waals surface area contributed by atoms with Crippen molar-refractivity contribution in [3.63, 3.8) is 0 Å². The highest BCUT2D eigenvalue weighted by molar-refractivity contribution is 6.10. The van der Waals surface area contributed by atoms with Crippen molar-refractivity contribution < 1.29 is 4.42 Å². The molecule has 0 amide bonds. The molecule has 1 atom stereocenters. The number of fused-ring (bicyclic) bond motifs is 5. The molecule has 248 valence electrons. The molecule has 52 heavy (non-hydrogen) atoms. The third-order valence-corrected chi connectivity index (χ3v) is 9.88. The minimum Gasteiger partial charge on any atom is -0.456 e. The van der Waals surface area contributed by atoms with Gasteiger partial charge in [-0.2, -0.15) is 0 Å². The molecule has 0 radical (unpaired) electrons.